The predicted octanol–water partition coefficient (Wildman–Crippen LogP) is 5.95. The lowest BCUT2D eigenvalue weighted by Gasteiger charge is -2.18. The Morgan fingerprint density at radius 3 is 2.07 bits per heavy atom. The van der Waals surface area contributed by atoms with E-state index >= 15 is 0 Å². The van der Waals surface area contributed by atoms with E-state index in [2.05, 4.69) is 0 Å². The molecule has 2 aromatic rings. The molecule has 0 radical (unpaired) electrons. The Morgan fingerprint density at radius 2 is 1.47 bits per heavy atom. The van der Waals surface area contributed by atoms with Crippen molar-refractivity contribution in [3.63, 3.8) is 0 Å². The Hall–Kier alpha value is -2.95. The molecule has 0 N–H and O–H groups in total. The van der Waals surface area contributed by atoms with Crippen LogP contribution in [0.2, 0.25) is 0 Å². The SMILES string of the molecule is COc1cc(OC(C)C)cc(C=CC(=O)c2cccc(OC(C)C)c2)c1OC(C)C. The van der Waals surface area contributed by atoms with E-state index in [1.54, 1.807) is 31.4 Å². The number of allylic oxidation sites excluding steroid dienone is 1. The molecule has 0 atom stereocenters. The van der Waals surface area contributed by atoms with Gasteiger partial charge in [-0.25, -0.2) is 0 Å². The smallest absolute Gasteiger partial charge is 0.185 e. The van der Waals surface area contributed by atoms with Crippen molar-refractivity contribution in [2.45, 2.75) is 59.9 Å². The Kier molecular flexibility index (Phi) is 8.34. The van der Waals surface area contributed by atoms with Gasteiger partial charge in [-0.1, -0.05) is 12.1 Å². The molecule has 0 heterocycles. The first-order chi connectivity index (χ1) is 14.2. The van der Waals surface area contributed by atoms with Gasteiger partial charge in [-0.3, -0.25) is 4.79 Å². The highest BCUT2D eigenvalue weighted by Gasteiger charge is 2.15. The van der Waals surface area contributed by atoms with E-state index in [1.165, 1.54) is 6.08 Å². The summed E-state index contributed by atoms with van der Waals surface area (Å²) in [7, 11) is 1.58. The van der Waals surface area contributed by atoms with Gasteiger partial charge in [-0.2, -0.15) is 0 Å². The Labute approximate surface area is 179 Å². The molecule has 0 fully saturated rings. The average molecular weight is 413 g/mol. The van der Waals surface area contributed by atoms with Gasteiger partial charge in [-0.15, -0.1) is 0 Å². The summed E-state index contributed by atoms with van der Waals surface area (Å²) < 4.78 is 23.0. The van der Waals surface area contributed by atoms with Gasteiger partial charge in [0.05, 0.1) is 25.4 Å². The second-order valence-electron chi connectivity index (χ2n) is 7.77. The number of hydrogen-bond acceptors (Lipinski definition) is 5. The van der Waals surface area contributed by atoms with Crippen LogP contribution in [0.25, 0.3) is 6.08 Å². The molecule has 0 aliphatic heterocycles. The molecular weight excluding hydrogens is 380 g/mol. The molecule has 0 aromatic heterocycles. The third kappa shape index (κ3) is 6.83. The number of carbonyl (C=O) groups is 1. The van der Waals surface area contributed by atoms with Crippen LogP contribution in [0.4, 0.5) is 0 Å². The zero-order valence-corrected chi connectivity index (χ0v) is 18.9. The van der Waals surface area contributed by atoms with Crippen LogP contribution in [0.15, 0.2) is 42.5 Å². The standard InChI is InChI=1S/C25H32O5/c1-16(2)28-21-10-8-9-19(13-21)23(26)12-11-20-14-22(29-17(3)4)15-24(27-7)25(20)30-18(5)6/h8-18H,1-7H3. The summed E-state index contributed by atoms with van der Waals surface area (Å²) in [5, 5.41) is 0. The van der Waals surface area contributed by atoms with Gasteiger partial charge in [0, 0.05) is 17.2 Å². The van der Waals surface area contributed by atoms with Crippen LogP contribution >= 0.6 is 0 Å². The van der Waals surface area contributed by atoms with Gasteiger partial charge < -0.3 is 18.9 Å². The molecule has 0 aliphatic rings. The molecule has 2 aromatic carbocycles. The maximum absolute atomic E-state index is 12.8. The first-order valence-corrected chi connectivity index (χ1v) is 10.2. The number of rotatable bonds is 10. The lowest BCUT2D eigenvalue weighted by molar-refractivity contribution is 0.104. The topological polar surface area (TPSA) is 54.0 Å². The van der Waals surface area contributed by atoms with Gasteiger partial charge in [0.2, 0.25) is 0 Å². The van der Waals surface area contributed by atoms with Crippen LogP contribution in [-0.4, -0.2) is 31.2 Å². The number of carbonyl (C=O) groups excluding carboxylic acids is 1. The molecule has 5 heteroatoms. The van der Waals surface area contributed by atoms with Crippen molar-refractivity contribution in [1.82, 2.24) is 0 Å². The van der Waals surface area contributed by atoms with Gasteiger partial charge in [0.25, 0.3) is 0 Å². The fraction of sp³-hybridized carbons (Fsp3) is 0.400. The van der Waals surface area contributed by atoms with Crippen LogP contribution in [0.5, 0.6) is 23.0 Å². The number of hydrogen-bond donors (Lipinski definition) is 0. The summed E-state index contributed by atoms with van der Waals surface area (Å²) in [6.45, 7) is 11.7. The van der Waals surface area contributed by atoms with Crippen LogP contribution in [0, 0.1) is 0 Å². The van der Waals surface area contributed by atoms with Gasteiger partial charge >= 0.3 is 0 Å². The molecule has 2 rings (SSSR count). The minimum Gasteiger partial charge on any atom is -0.493 e. The van der Waals surface area contributed by atoms with E-state index in [-0.39, 0.29) is 24.1 Å². The van der Waals surface area contributed by atoms with Crippen LogP contribution in [-0.2, 0) is 0 Å². The zero-order valence-electron chi connectivity index (χ0n) is 18.9. The lowest BCUT2D eigenvalue weighted by atomic mass is 10.1. The summed E-state index contributed by atoms with van der Waals surface area (Å²) in [4.78, 5) is 12.8. The summed E-state index contributed by atoms with van der Waals surface area (Å²) in [6, 6.07) is 10.8. The highest BCUT2D eigenvalue weighted by atomic mass is 16.5. The van der Waals surface area contributed by atoms with Gasteiger partial charge in [-0.05, 0) is 71.9 Å². The number of methoxy groups -OCH3 is 1. The van der Waals surface area contributed by atoms with Crippen molar-refractivity contribution in [3.8, 4) is 23.0 Å². The first-order valence-electron chi connectivity index (χ1n) is 10.2. The van der Waals surface area contributed by atoms with E-state index in [4.69, 9.17) is 18.9 Å². The molecular formula is C25H32O5. The molecule has 30 heavy (non-hydrogen) atoms. The van der Waals surface area contributed by atoms with Crippen molar-refractivity contribution >= 4 is 11.9 Å². The highest BCUT2D eigenvalue weighted by Crippen LogP contribution is 2.37. The lowest BCUT2D eigenvalue weighted by Crippen LogP contribution is -2.10. The van der Waals surface area contributed by atoms with Crippen molar-refractivity contribution in [3.05, 3.63) is 53.6 Å². The Morgan fingerprint density at radius 1 is 0.833 bits per heavy atom. The molecule has 5 nitrogen and oxygen atoms in total. The van der Waals surface area contributed by atoms with Crippen molar-refractivity contribution in [2.24, 2.45) is 0 Å². The maximum atomic E-state index is 12.8. The van der Waals surface area contributed by atoms with Gasteiger partial charge in [0.15, 0.2) is 17.3 Å². The summed E-state index contributed by atoms with van der Waals surface area (Å²) >= 11 is 0. The van der Waals surface area contributed by atoms with E-state index in [1.807, 2.05) is 59.7 Å². The molecule has 0 spiro atoms. The largest absolute Gasteiger partial charge is 0.493 e. The van der Waals surface area contributed by atoms with E-state index < -0.39 is 0 Å². The second kappa shape index (κ2) is 10.7. The number of benzene rings is 2. The normalized spacial score (nSPS) is 11.4. The van der Waals surface area contributed by atoms with Crippen molar-refractivity contribution in [1.29, 1.82) is 0 Å². The van der Waals surface area contributed by atoms with Crippen LogP contribution < -0.4 is 18.9 Å². The molecule has 162 valence electrons. The van der Waals surface area contributed by atoms with Crippen molar-refractivity contribution in [2.75, 3.05) is 7.11 Å². The fourth-order valence-corrected chi connectivity index (χ4v) is 2.83. The average Bonchev–Trinajstić information content (AvgIpc) is 2.66. The quantitative estimate of drug-likeness (QED) is 0.356. The third-order valence-electron chi connectivity index (χ3n) is 3.91. The van der Waals surface area contributed by atoms with Gasteiger partial charge in [0.1, 0.15) is 11.5 Å². The Bertz CT molecular complexity index is 881. The predicted molar refractivity (Wildman–Crippen MR) is 120 cm³/mol. The third-order valence-corrected chi connectivity index (χ3v) is 3.91. The highest BCUT2D eigenvalue weighted by molar-refractivity contribution is 6.07. The number of ketones is 1. The van der Waals surface area contributed by atoms with Crippen LogP contribution in [0.1, 0.15) is 57.5 Å². The second-order valence-corrected chi connectivity index (χ2v) is 7.77. The molecule has 0 saturated carbocycles. The zero-order chi connectivity index (χ0) is 22.3. The van der Waals surface area contributed by atoms with E-state index in [0.717, 1.165) is 0 Å². The summed E-state index contributed by atoms with van der Waals surface area (Å²) in [6.07, 6.45) is 3.25. The van der Waals surface area contributed by atoms with E-state index in [0.29, 0.717) is 34.1 Å². The van der Waals surface area contributed by atoms with Crippen molar-refractivity contribution < 1.29 is 23.7 Å². The minimum absolute atomic E-state index is 0.00809. The molecule has 0 bridgehead atoms. The Balaban J connectivity index is 2.38. The van der Waals surface area contributed by atoms with Crippen LogP contribution in [0.3, 0.4) is 0 Å². The fourth-order valence-electron chi connectivity index (χ4n) is 2.83. The molecule has 0 unspecified atom stereocenters. The molecule has 0 amide bonds. The summed E-state index contributed by atoms with van der Waals surface area (Å²) in [5.41, 5.74) is 1.26. The molecule has 0 aliphatic carbocycles. The monoisotopic (exact) mass is 412 g/mol. The molecule has 0 saturated heterocycles. The number of ether oxygens (including phenoxy) is 4. The maximum Gasteiger partial charge on any atom is 0.185 e. The summed E-state index contributed by atoms with van der Waals surface area (Å²) in [5.74, 6) is 2.32. The minimum atomic E-state index is -0.131. The van der Waals surface area contributed by atoms with E-state index in [9.17, 15) is 4.79 Å². The first kappa shape index (κ1) is 23.3.